The molecule has 0 bridgehead atoms. The zero-order valence-electron chi connectivity index (χ0n) is 3.78. The third kappa shape index (κ3) is 1.16. The zero-order valence-corrected chi connectivity index (χ0v) is 3.78. The molecule has 0 spiro atoms. The van der Waals surface area contributed by atoms with Crippen LogP contribution in [0.5, 0.6) is 0 Å². The van der Waals surface area contributed by atoms with E-state index in [2.05, 4.69) is 23.8 Å². The summed E-state index contributed by atoms with van der Waals surface area (Å²) in [4.78, 5) is 0. The summed E-state index contributed by atoms with van der Waals surface area (Å²) in [6.45, 7) is 0. The molecule has 0 atom stereocenters. The number of rotatable bonds is 0. The van der Waals surface area contributed by atoms with Gasteiger partial charge in [0.25, 0.3) is 0 Å². The van der Waals surface area contributed by atoms with E-state index < -0.39 is 0 Å². The molecular formula is C7H3. The van der Waals surface area contributed by atoms with Crippen LogP contribution >= 0.6 is 0 Å². The van der Waals surface area contributed by atoms with E-state index in [-0.39, 0.29) is 0 Å². The summed E-state index contributed by atoms with van der Waals surface area (Å²) in [6.07, 6.45) is 8.68. The van der Waals surface area contributed by atoms with Crippen molar-refractivity contribution in [2.75, 3.05) is 0 Å². The molecule has 0 nitrogen and oxygen atoms in total. The summed E-state index contributed by atoms with van der Waals surface area (Å²) in [5, 5.41) is 0. The molecule has 0 heterocycles. The lowest BCUT2D eigenvalue weighted by Crippen LogP contribution is -1.48. The van der Waals surface area contributed by atoms with Crippen molar-refractivity contribution in [2.24, 2.45) is 0 Å². The molecule has 0 saturated carbocycles. The fourth-order valence-corrected chi connectivity index (χ4v) is 0.244. The van der Waals surface area contributed by atoms with Crippen molar-refractivity contribution in [2.45, 2.75) is 6.42 Å². The van der Waals surface area contributed by atoms with Crippen molar-refractivity contribution in [3.05, 3.63) is 11.6 Å². The van der Waals surface area contributed by atoms with E-state index in [9.17, 15) is 0 Å². The molecule has 0 amide bonds. The van der Waals surface area contributed by atoms with E-state index in [4.69, 9.17) is 6.42 Å². The Hall–Kier alpha value is -1.14. The molecule has 1 aliphatic rings. The van der Waals surface area contributed by atoms with Gasteiger partial charge in [-0.1, -0.05) is 5.92 Å². The summed E-state index contributed by atoms with van der Waals surface area (Å²) >= 11 is 0. The summed E-state index contributed by atoms with van der Waals surface area (Å²) in [5.74, 6) is 7.43. The van der Waals surface area contributed by atoms with E-state index in [0.717, 1.165) is 12.0 Å². The lowest BCUT2D eigenvalue weighted by atomic mass is 10.5. The molecule has 0 aliphatic heterocycles. The molecule has 0 unspecified atom stereocenters. The topological polar surface area (TPSA) is 0 Å². The molecule has 1 rings (SSSR count). The smallest absolute Gasteiger partial charge is 0.0114 e. The highest BCUT2D eigenvalue weighted by molar-refractivity contribution is 5.41. The van der Waals surface area contributed by atoms with Crippen LogP contribution in [0.3, 0.4) is 0 Å². The SMILES string of the molecule is C#CC#CC1=[C]C1. The van der Waals surface area contributed by atoms with E-state index in [1.807, 2.05) is 0 Å². The minimum Gasteiger partial charge on any atom is -0.106 e. The molecule has 0 saturated heterocycles. The average Bonchev–Trinajstić information content (AvgIpc) is 2.42. The second-order valence-corrected chi connectivity index (χ2v) is 1.23. The van der Waals surface area contributed by atoms with Crippen molar-refractivity contribution in [3.63, 3.8) is 0 Å². The fraction of sp³-hybridized carbons (Fsp3) is 0.143. The van der Waals surface area contributed by atoms with Gasteiger partial charge in [0.2, 0.25) is 0 Å². The van der Waals surface area contributed by atoms with E-state index in [1.165, 1.54) is 0 Å². The van der Waals surface area contributed by atoms with Gasteiger partial charge in [-0.05, 0) is 17.9 Å². The van der Waals surface area contributed by atoms with Crippen molar-refractivity contribution in [3.8, 4) is 24.2 Å². The number of hydrogen-bond donors (Lipinski definition) is 0. The van der Waals surface area contributed by atoms with Crippen LogP contribution in [0.15, 0.2) is 5.57 Å². The first-order valence-electron chi connectivity index (χ1n) is 2.00. The van der Waals surface area contributed by atoms with Gasteiger partial charge in [-0.2, -0.15) is 0 Å². The Bertz CT molecular complexity index is 190. The van der Waals surface area contributed by atoms with E-state index in [0.29, 0.717) is 0 Å². The lowest BCUT2D eigenvalue weighted by molar-refractivity contribution is 1.61. The summed E-state index contributed by atoms with van der Waals surface area (Å²) < 4.78 is 0. The van der Waals surface area contributed by atoms with Gasteiger partial charge in [0, 0.05) is 12.0 Å². The predicted molar refractivity (Wildman–Crippen MR) is 28.0 cm³/mol. The number of hydrogen-bond acceptors (Lipinski definition) is 0. The average molecular weight is 87.1 g/mol. The second kappa shape index (κ2) is 1.54. The van der Waals surface area contributed by atoms with Crippen molar-refractivity contribution in [1.82, 2.24) is 0 Å². The third-order valence-corrected chi connectivity index (χ3v) is 0.639. The Morgan fingerprint density at radius 3 is 2.86 bits per heavy atom. The highest BCUT2D eigenvalue weighted by Gasteiger charge is 2.01. The minimum atomic E-state index is 0.925. The molecule has 1 radical (unpaired) electrons. The Kier molecular flexibility index (Phi) is 0.886. The third-order valence-electron chi connectivity index (χ3n) is 0.639. The van der Waals surface area contributed by atoms with Crippen LogP contribution in [-0.2, 0) is 0 Å². The van der Waals surface area contributed by atoms with Crippen LogP contribution in [0.25, 0.3) is 0 Å². The molecule has 7 heavy (non-hydrogen) atoms. The quantitative estimate of drug-likeness (QED) is 0.382. The summed E-state index contributed by atoms with van der Waals surface area (Å²) in [7, 11) is 0. The molecule has 0 aromatic carbocycles. The monoisotopic (exact) mass is 87.0 g/mol. The van der Waals surface area contributed by atoms with Crippen LogP contribution in [0.1, 0.15) is 6.42 Å². The van der Waals surface area contributed by atoms with E-state index >= 15 is 0 Å². The van der Waals surface area contributed by atoms with Crippen LogP contribution in [-0.4, -0.2) is 0 Å². The first kappa shape index (κ1) is 4.03. The molecule has 31 valence electrons. The maximum Gasteiger partial charge on any atom is 0.0114 e. The highest BCUT2D eigenvalue weighted by Crippen LogP contribution is 2.13. The Morgan fingerprint density at radius 2 is 2.43 bits per heavy atom. The van der Waals surface area contributed by atoms with Gasteiger partial charge in [0.15, 0.2) is 0 Å². The highest BCUT2D eigenvalue weighted by atomic mass is 14.0. The molecule has 0 N–H and O–H groups in total. The van der Waals surface area contributed by atoms with Gasteiger partial charge in [0.1, 0.15) is 0 Å². The van der Waals surface area contributed by atoms with Crippen LogP contribution in [0.4, 0.5) is 0 Å². The predicted octanol–water partition coefficient (Wildman–Crippen LogP) is 0.756. The molecule has 0 fully saturated rings. The van der Waals surface area contributed by atoms with E-state index in [1.54, 1.807) is 0 Å². The largest absolute Gasteiger partial charge is 0.106 e. The first-order chi connectivity index (χ1) is 3.43. The Labute approximate surface area is 43.2 Å². The van der Waals surface area contributed by atoms with Gasteiger partial charge in [-0.3, -0.25) is 0 Å². The van der Waals surface area contributed by atoms with Gasteiger partial charge in [0.05, 0.1) is 0 Å². The van der Waals surface area contributed by atoms with Gasteiger partial charge in [-0.25, -0.2) is 0 Å². The standard InChI is InChI=1S/C7H3/c1-2-3-4-7-5-6-7/h1H,5H2. The normalized spacial score (nSPS) is 12.7. The Morgan fingerprint density at radius 1 is 1.71 bits per heavy atom. The number of terminal acetylenes is 1. The van der Waals surface area contributed by atoms with Gasteiger partial charge >= 0.3 is 0 Å². The fourth-order valence-electron chi connectivity index (χ4n) is 0.244. The number of allylic oxidation sites excluding steroid dienone is 2. The minimum absolute atomic E-state index is 0.925. The van der Waals surface area contributed by atoms with Crippen molar-refractivity contribution < 1.29 is 0 Å². The summed E-state index contributed by atoms with van der Waals surface area (Å²) in [5.41, 5.74) is 1.05. The molecular weight excluding hydrogens is 84.1 g/mol. The molecule has 0 heteroatoms. The molecule has 0 aromatic rings. The van der Waals surface area contributed by atoms with Crippen LogP contribution < -0.4 is 0 Å². The van der Waals surface area contributed by atoms with Crippen molar-refractivity contribution >= 4 is 0 Å². The molecule has 1 aliphatic carbocycles. The maximum absolute atomic E-state index is 4.84. The summed E-state index contributed by atoms with van der Waals surface area (Å²) in [6, 6.07) is 0. The van der Waals surface area contributed by atoms with Crippen molar-refractivity contribution in [1.29, 1.82) is 0 Å². The molecule has 0 aromatic heterocycles. The second-order valence-electron chi connectivity index (χ2n) is 1.23. The lowest BCUT2D eigenvalue weighted by Gasteiger charge is -1.56. The van der Waals surface area contributed by atoms with Crippen LogP contribution in [0.2, 0.25) is 0 Å². The van der Waals surface area contributed by atoms with Gasteiger partial charge < -0.3 is 0 Å². The van der Waals surface area contributed by atoms with Gasteiger partial charge in [-0.15, -0.1) is 6.42 Å². The Balaban J connectivity index is 2.49. The van der Waals surface area contributed by atoms with Crippen LogP contribution in [0, 0.1) is 30.3 Å². The first-order valence-corrected chi connectivity index (χ1v) is 2.00. The zero-order chi connectivity index (χ0) is 5.11. The maximum atomic E-state index is 4.84.